The summed E-state index contributed by atoms with van der Waals surface area (Å²) in [6.07, 6.45) is -0.565. The highest BCUT2D eigenvalue weighted by Gasteiger charge is 2.16. The number of ether oxygens (including phenoxy) is 2. The van der Waals surface area contributed by atoms with Gasteiger partial charge < -0.3 is 9.47 Å². The topological polar surface area (TPSA) is 35.5 Å². The van der Waals surface area contributed by atoms with Crippen LogP contribution in [0.5, 0.6) is 11.5 Å². The highest BCUT2D eigenvalue weighted by atomic mass is 35.5. The van der Waals surface area contributed by atoms with Crippen LogP contribution in [0.1, 0.15) is 17.3 Å². The van der Waals surface area contributed by atoms with Crippen molar-refractivity contribution in [1.29, 1.82) is 0 Å². The van der Waals surface area contributed by atoms with Gasteiger partial charge in [0, 0.05) is 10.6 Å². The summed E-state index contributed by atoms with van der Waals surface area (Å²) in [6.45, 7) is 1.72. The van der Waals surface area contributed by atoms with Crippen LogP contribution < -0.4 is 9.47 Å². The quantitative estimate of drug-likeness (QED) is 0.781. The predicted molar refractivity (Wildman–Crippen MR) is 78.9 cm³/mol. The standard InChI is InChI=1S/C16H15ClO3/c1-11(20-15-9-5-13(17)6-10-15)16(18)12-3-7-14(19-2)8-4-12/h3-11H,1-2H3. The number of carbonyl (C=O) groups is 1. The lowest BCUT2D eigenvalue weighted by Crippen LogP contribution is -2.23. The van der Waals surface area contributed by atoms with Gasteiger partial charge in [-0.25, -0.2) is 0 Å². The maximum Gasteiger partial charge on any atom is 0.202 e. The molecule has 20 heavy (non-hydrogen) atoms. The third kappa shape index (κ3) is 3.52. The first-order valence-electron chi connectivity index (χ1n) is 6.20. The molecule has 0 saturated heterocycles. The van der Waals surface area contributed by atoms with Gasteiger partial charge in [0.2, 0.25) is 5.78 Å². The van der Waals surface area contributed by atoms with Crippen molar-refractivity contribution in [3.8, 4) is 11.5 Å². The third-order valence-corrected chi connectivity index (χ3v) is 3.12. The van der Waals surface area contributed by atoms with Crippen molar-refractivity contribution < 1.29 is 14.3 Å². The molecule has 0 aliphatic heterocycles. The van der Waals surface area contributed by atoms with Crippen molar-refractivity contribution in [2.75, 3.05) is 7.11 Å². The van der Waals surface area contributed by atoms with Crippen LogP contribution >= 0.6 is 11.6 Å². The van der Waals surface area contributed by atoms with Crippen LogP contribution in [0, 0.1) is 0 Å². The maximum absolute atomic E-state index is 12.2. The second-order valence-electron chi connectivity index (χ2n) is 4.31. The number of methoxy groups -OCH3 is 1. The molecular formula is C16H15ClO3. The average molecular weight is 291 g/mol. The Labute approximate surface area is 123 Å². The van der Waals surface area contributed by atoms with Crippen LogP contribution in [-0.2, 0) is 0 Å². The Morgan fingerprint density at radius 2 is 1.55 bits per heavy atom. The molecule has 1 unspecified atom stereocenters. The van der Waals surface area contributed by atoms with E-state index in [9.17, 15) is 4.79 Å². The van der Waals surface area contributed by atoms with Crippen LogP contribution in [0.2, 0.25) is 5.02 Å². The molecule has 0 amide bonds. The van der Waals surface area contributed by atoms with Crippen LogP contribution in [0.3, 0.4) is 0 Å². The lowest BCUT2D eigenvalue weighted by atomic mass is 10.1. The second-order valence-corrected chi connectivity index (χ2v) is 4.74. The molecule has 104 valence electrons. The molecule has 0 radical (unpaired) electrons. The fourth-order valence-electron chi connectivity index (χ4n) is 1.76. The summed E-state index contributed by atoms with van der Waals surface area (Å²) >= 11 is 5.80. The number of Topliss-reactive ketones (excluding diaryl/α,β-unsaturated/α-hetero) is 1. The number of rotatable bonds is 5. The molecule has 2 rings (SSSR count). The summed E-state index contributed by atoms with van der Waals surface area (Å²) in [4.78, 5) is 12.2. The molecule has 0 aliphatic rings. The molecule has 0 spiro atoms. The summed E-state index contributed by atoms with van der Waals surface area (Å²) < 4.78 is 10.7. The van der Waals surface area contributed by atoms with Gasteiger partial charge in [-0.1, -0.05) is 11.6 Å². The van der Waals surface area contributed by atoms with Gasteiger partial charge in [-0.05, 0) is 55.5 Å². The van der Waals surface area contributed by atoms with E-state index in [1.807, 2.05) is 0 Å². The van der Waals surface area contributed by atoms with Crippen LogP contribution in [-0.4, -0.2) is 19.0 Å². The summed E-state index contributed by atoms with van der Waals surface area (Å²) in [6, 6.07) is 13.9. The van der Waals surface area contributed by atoms with Gasteiger partial charge in [0.05, 0.1) is 7.11 Å². The van der Waals surface area contributed by atoms with Crippen molar-refractivity contribution in [2.24, 2.45) is 0 Å². The highest BCUT2D eigenvalue weighted by molar-refractivity contribution is 6.30. The van der Waals surface area contributed by atoms with E-state index in [0.29, 0.717) is 22.1 Å². The van der Waals surface area contributed by atoms with E-state index >= 15 is 0 Å². The number of halogens is 1. The Morgan fingerprint density at radius 3 is 2.10 bits per heavy atom. The van der Waals surface area contributed by atoms with Gasteiger partial charge in [-0.3, -0.25) is 4.79 Å². The molecule has 1 atom stereocenters. The summed E-state index contributed by atoms with van der Waals surface area (Å²) in [7, 11) is 1.59. The summed E-state index contributed by atoms with van der Waals surface area (Å²) in [5.74, 6) is 1.25. The van der Waals surface area contributed by atoms with Gasteiger partial charge in [-0.15, -0.1) is 0 Å². The van der Waals surface area contributed by atoms with Crippen molar-refractivity contribution in [1.82, 2.24) is 0 Å². The van der Waals surface area contributed by atoms with Crippen molar-refractivity contribution >= 4 is 17.4 Å². The smallest absolute Gasteiger partial charge is 0.202 e. The lowest BCUT2D eigenvalue weighted by Gasteiger charge is -2.14. The first kappa shape index (κ1) is 14.4. The van der Waals surface area contributed by atoms with Crippen molar-refractivity contribution in [3.63, 3.8) is 0 Å². The van der Waals surface area contributed by atoms with Gasteiger partial charge in [0.15, 0.2) is 6.10 Å². The normalized spacial score (nSPS) is 11.8. The van der Waals surface area contributed by atoms with Crippen molar-refractivity contribution in [3.05, 3.63) is 59.1 Å². The molecule has 0 fully saturated rings. The molecule has 2 aromatic carbocycles. The van der Waals surface area contributed by atoms with Gasteiger partial charge >= 0.3 is 0 Å². The van der Waals surface area contributed by atoms with E-state index in [0.717, 1.165) is 0 Å². The number of hydrogen-bond acceptors (Lipinski definition) is 3. The van der Waals surface area contributed by atoms with Gasteiger partial charge in [0.1, 0.15) is 11.5 Å². The Hall–Kier alpha value is -2.00. The lowest BCUT2D eigenvalue weighted by molar-refractivity contribution is 0.0818. The van der Waals surface area contributed by atoms with E-state index in [1.165, 1.54) is 0 Å². The molecule has 0 heterocycles. The molecule has 0 bridgehead atoms. The van der Waals surface area contributed by atoms with E-state index < -0.39 is 6.10 Å². The third-order valence-electron chi connectivity index (χ3n) is 2.87. The predicted octanol–water partition coefficient (Wildman–Crippen LogP) is 4.00. The Bertz CT molecular complexity index is 576. The first-order chi connectivity index (χ1) is 9.60. The zero-order valence-corrected chi connectivity index (χ0v) is 12.1. The fraction of sp³-hybridized carbons (Fsp3) is 0.188. The number of carbonyl (C=O) groups excluding carboxylic acids is 1. The minimum atomic E-state index is -0.565. The molecule has 3 nitrogen and oxygen atoms in total. The zero-order valence-electron chi connectivity index (χ0n) is 11.3. The monoisotopic (exact) mass is 290 g/mol. The summed E-state index contributed by atoms with van der Waals surface area (Å²) in [5, 5.41) is 0.631. The Morgan fingerprint density at radius 1 is 1.00 bits per heavy atom. The number of benzene rings is 2. The Balaban J connectivity index is 2.05. The molecular weight excluding hydrogens is 276 g/mol. The SMILES string of the molecule is COc1ccc(C(=O)C(C)Oc2ccc(Cl)cc2)cc1. The largest absolute Gasteiger partial charge is 0.497 e. The summed E-state index contributed by atoms with van der Waals surface area (Å²) in [5.41, 5.74) is 0.590. The van der Waals surface area contributed by atoms with Crippen molar-refractivity contribution in [2.45, 2.75) is 13.0 Å². The van der Waals surface area contributed by atoms with Gasteiger partial charge in [-0.2, -0.15) is 0 Å². The highest BCUT2D eigenvalue weighted by Crippen LogP contribution is 2.19. The number of hydrogen-bond donors (Lipinski definition) is 0. The molecule has 2 aromatic rings. The minimum Gasteiger partial charge on any atom is -0.497 e. The van der Waals surface area contributed by atoms with Crippen LogP contribution in [0.25, 0.3) is 0 Å². The Kier molecular flexibility index (Phi) is 4.64. The zero-order chi connectivity index (χ0) is 14.5. The van der Waals surface area contributed by atoms with Crippen LogP contribution in [0.15, 0.2) is 48.5 Å². The molecule has 4 heteroatoms. The first-order valence-corrected chi connectivity index (χ1v) is 6.58. The van der Waals surface area contributed by atoms with E-state index in [1.54, 1.807) is 62.6 Å². The number of ketones is 1. The molecule has 0 aromatic heterocycles. The van der Waals surface area contributed by atoms with E-state index in [-0.39, 0.29) is 5.78 Å². The second kappa shape index (κ2) is 6.44. The average Bonchev–Trinajstić information content (AvgIpc) is 2.49. The molecule has 0 saturated carbocycles. The van der Waals surface area contributed by atoms with E-state index in [2.05, 4.69) is 0 Å². The van der Waals surface area contributed by atoms with E-state index in [4.69, 9.17) is 21.1 Å². The minimum absolute atomic E-state index is 0.0809. The molecule has 0 N–H and O–H groups in total. The molecule has 0 aliphatic carbocycles. The maximum atomic E-state index is 12.2. The fourth-order valence-corrected chi connectivity index (χ4v) is 1.89. The van der Waals surface area contributed by atoms with Crippen LogP contribution in [0.4, 0.5) is 0 Å². The van der Waals surface area contributed by atoms with Gasteiger partial charge in [0.25, 0.3) is 0 Å².